The Kier molecular flexibility index (Phi) is 6.57. The second-order valence-electron chi connectivity index (χ2n) is 9.44. The van der Waals surface area contributed by atoms with E-state index >= 15 is 0 Å². The number of benzene rings is 3. The zero-order valence-electron chi connectivity index (χ0n) is 21.1. The lowest BCUT2D eigenvalue weighted by molar-refractivity contribution is 0.102. The van der Waals surface area contributed by atoms with Gasteiger partial charge in [-0.15, -0.1) is 0 Å². The molecular weight excluding hydrogens is 452 g/mol. The number of rotatable bonds is 6. The summed E-state index contributed by atoms with van der Waals surface area (Å²) in [6.45, 7) is 6.30. The van der Waals surface area contributed by atoms with Crippen molar-refractivity contribution in [2.45, 2.75) is 25.9 Å². The fourth-order valence-corrected chi connectivity index (χ4v) is 4.94. The molecule has 1 saturated heterocycles. The van der Waals surface area contributed by atoms with Crippen LogP contribution < -0.4 is 25.0 Å². The summed E-state index contributed by atoms with van der Waals surface area (Å²) in [5.41, 5.74) is 5.46. The van der Waals surface area contributed by atoms with Crippen LogP contribution in [0.4, 0.5) is 11.4 Å². The molecule has 0 spiro atoms. The summed E-state index contributed by atoms with van der Waals surface area (Å²) >= 11 is 0. The number of aromatic amines is 1. The average molecular weight is 485 g/mol. The first-order valence-electron chi connectivity index (χ1n) is 12.2. The molecule has 1 aliphatic rings. The standard InChI is InChI=1S/C29H32N4O3/c1-18-16-33(17-19(2)31-18)23-8-5-20(6-9-23)29(34)32-28-15-30-27-13-21(7-10-26(27)28)22-11-24(35-3)14-25(12-22)36-4/h5-15,18-19,30-31H,16-17H2,1-4H3,(H,32,34)/t18-,19+. The van der Waals surface area contributed by atoms with E-state index in [-0.39, 0.29) is 5.91 Å². The van der Waals surface area contributed by atoms with Gasteiger partial charge < -0.3 is 30.0 Å². The maximum absolute atomic E-state index is 13.0. The molecular formula is C29H32N4O3. The number of ether oxygens (including phenoxy) is 2. The molecule has 1 aromatic heterocycles. The van der Waals surface area contributed by atoms with Crippen LogP contribution in [0.25, 0.3) is 22.0 Å². The Morgan fingerprint density at radius 2 is 1.56 bits per heavy atom. The van der Waals surface area contributed by atoms with E-state index in [0.717, 1.165) is 58.0 Å². The van der Waals surface area contributed by atoms with Crippen LogP contribution in [0.5, 0.6) is 11.5 Å². The van der Waals surface area contributed by atoms with Crippen LogP contribution in [0.1, 0.15) is 24.2 Å². The SMILES string of the molecule is COc1cc(OC)cc(-c2ccc3c(NC(=O)c4ccc(N5C[C@@H](C)N[C@@H](C)C5)cc4)c[nH]c3c2)c1. The van der Waals surface area contributed by atoms with Gasteiger partial charge in [-0.1, -0.05) is 12.1 Å². The summed E-state index contributed by atoms with van der Waals surface area (Å²) in [7, 11) is 3.28. The van der Waals surface area contributed by atoms with Gasteiger partial charge in [-0.05, 0) is 67.4 Å². The average Bonchev–Trinajstić information content (AvgIpc) is 3.29. The summed E-state index contributed by atoms with van der Waals surface area (Å²) in [5.74, 6) is 1.33. The zero-order valence-corrected chi connectivity index (χ0v) is 21.1. The Bertz CT molecular complexity index is 1350. The van der Waals surface area contributed by atoms with E-state index in [4.69, 9.17) is 9.47 Å². The summed E-state index contributed by atoms with van der Waals surface area (Å²) in [6.07, 6.45) is 1.83. The van der Waals surface area contributed by atoms with Crippen molar-refractivity contribution < 1.29 is 14.3 Å². The summed E-state index contributed by atoms with van der Waals surface area (Å²) in [5, 5.41) is 7.55. The van der Waals surface area contributed by atoms with Gasteiger partial charge in [0.15, 0.2) is 0 Å². The molecule has 2 heterocycles. The van der Waals surface area contributed by atoms with E-state index in [2.05, 4.69) is 40.4 Å². The van der Waals surface area contributed by atoms with Crippen LogP contribution in [-0.4, -0.2) is 50.3 Å². The number of fused-ring (bicyclic) bond motifs is 1. The minimum atomic E-state index is -0.133. The predicted octanol–water partition coefficient (Wildman–Crippen LogP) is 5.29. The molecule has 7 nitrogen and oxygen atoms in total. The molecule has 0 aliphatic carbocycles. The minimum Gasteiger partial charge on any atom is -0.497 e. The molecule has 1 amide bonds. The second kappa shape index (κ2) is 9.95. The van der Waals surface area contributed by atoms with E-state index in [1.54, 1.807) is 14.2 Å². The number of nitrogens with zero attached hydrogens (tertiary/aromatic N) is 1. The molecule has 7 heteroatoms. The van der Waals surface area contributed by atoms with Crippen LogP contribution >= 0.6 is 0 Å². The molecule has 36 heavy (non-hydrogen) atoms. The van der Waals surface area contributed by atoms with Gasteiger partial charge in [-0.25, -0.2) is 0 Å². The Labute approximate surface area is 211 Å². The van der Waals surface area contributed by atoms with Crippen molar-refractivity contribution in [3.05, 3.63) is 72.4 Å². The molecule has 3 N–H and O–H groups in total. The van der Waals surface area contributed by atoms with Crippen molar-refractivity contribution in [2.75, 3.05) is 37.5 Å². The van der Waals surface area contributed by atoms with Gasteiger partial charge in [0.1, 0.15) is 11.5 Å². The highest BCUT2D eigenvalue weighted by Crippen LogP contribution is 2.33. The summed E-state index contributed by atoms with van der Waals surface area (Å²) < 4.78 is 10.8. The second-order valence-corrected chi connectivity index (χ2v) is 9.44. The summed E-state index contributed by atoms with van der Waals surface area (Å²) in [4.78, 5) is 18.6. The first-order chi connectivity index (χ1) is 17.4. The van der Waals surface area contributed by atoms with Gasteiger partial charge in [-0.3, -0.25) is 4.79 Å². The van der Waals surface area contributed by atoms with Crippen molar-refractivity contribution in [2.24, 2.45) is 0 Å². The van der Waals surface area contributed by atoms with Crippen LogP contribution in [-0.2, 0) is 0 Å². The van der Waals surface area contributed by atoms with Crippen molar-refractivity contribution in [1.29, 1.82) is 0 Å². The number of anilines is 2. The smallest absolute Gasteiger partial charge is 0.255 e. The quantitative estimate of drug-likeness (QED) is 0.347. The van der Waals surface area contributed by atoms with Gasteiger partial charge in [0, 0.05) is 59.6 Å². The number of amides is 1. The number of aromatic nitrogens is 1. The number of nitrogens with one attached hydrogen (secondary N) is 3. The lowest BCUT2D eigenvalue weighted by atomic mass is 10.0. The first-order valence-corrected chi connectivity index (χ1v) is 12.2. The third-order valence-corrected chi connectivity index (χ3v) is 6.67. The van der Waals surface area contributed by atoms with Crippen LogP contribution in [0.2, 0.25) is 0 Å². The highest BCUT2D eigenvalue weighted by Gasteiger charge is 2.21. The molecule has 1 aliphatic heterocycles. The third kappa shape index (κ3) is 4.88. The molecule has 0 saturated carbocycles. The van der Waals surface area contributed by atoms with Crippen LogP contribution in [0, 0.1) is 0 Å². The Balaban J connectivity index is 1.33. The first kappa shape index (κ1) is 23.8. The molecule has 0 bridgehead atoms. The number of carbonyl (C=O) groups excluding carboxylic acids is 1. The number of carbonyl (C=O) groups is 1. The fourth-order valence-electron chi connectivity index (χ4n) is 4.94. The highest BCUT2D eigenvalue weighted by atomic mass is 16.5. The number of H-pyrrole nitrogens is 1. The van der Waals surface area contributed by atoms with Crippen LogP contribution in [0.15, 0.2) is 66.9 Å². The Hall–Kier alpha value is -3.97. The number of piperazine rings is 1. The zero-order chi connectivity index (χ0) is 25.2. The van der Waals surface area contributed by atoms with Crippen LogP contribution in [0.3, 0.4) is 0 Å². The van der Waals surface area contributed by atoms with Gasteiger partial charge in [0.25, 0.3) is 5.91 Å². The van der Waals surface area contributed by atoms with E-state index in [1.165, 1.54) is 0 Å². The van der Waals surface area contributed by atoms with Gasteiger partial charge >= 0.3 is 0 Å². The number of hydrogen-bond acceptors (Lipinski definition) is 5. The highest BCUT2D eigenvalue weighted by molar-refractivity contribution is 6.09. The Morgan fingerprint density at radius 3 is 2.19 bits per heavy atom. The van der Waals surface area contributed by atoms with Gasteiger partial charge in [0.05, 0.1) is 19.9 Å². The van der Waals surface area contributed by atoms with Crippen molar-refractivity contribution in [3.8, 4) is 22.6 Å². The molecule has 5 rings (SSSR count). The largest absolute Gasteiger partial charge is 0.497 e. The number of methoxy groups -OCH3 is 2. The molecule has 2 atom stereocenters. The van der Waals surface area contributed by atoms with Gasteiger partial charge in [0.2, 0.25) is 0 Å². The van der Waals surface area contributed by atoms with E-state index in [9.17, 15) is 4.79 Å². The van der Waals surface area contributed by atoms with E-state index in [0.29, 0.717) is 17.6 Å². The maximum Gasteiger partial charge on any atom is 0.255 e. The van der Waals surface area contributed by atoms with Crippen molar-refractivity contribution in [3.63, 3.8) is 0 Å². The molecule has 1 fully saturated rings. The minimum absolute atomic E-state index is 0.133. The third-order valence-electron chi connectivity index (χ3n) is 6.67. The van der Waals surface area contributed by atoms with Crippen molar-refractivity contribution >= 4 is 28.2 Å². The number of hydrogen-bond donors (Lipinski definition) is 3. The lowest BCUT2D eigenvalue weighted by Gasteiger charge is -2.37. The monoisotopic (exact) mass is 484 g/mol. The topological polar surface area (TPSA) is 78.6 Å². The summed E-state index contributed by atoms with van der Waals surface area (Å²) in [6, 6.07) is 20.6. The molecule has 186 valence electrons. The van der Waals surface area contributed by atoms with E-state index in [1.807, 2.05) is 60.8 Å². The molecule has 3 aromatic carbocycles. The lowest BCUT2D eigenvalue weighted by Crippen LogP contribution is -2.54. The van der Waals surface area contributed by atoms with Crippen molar-refractivity contribution in [1.82, 2.24) is 10.3 Å². The Morgan fingerprint density at radius 1 is 0.889 bits per heavy atom. The maximum atomic E-state index is 13.0. The predicted molar refractivity (Wildman–Crippen MR) is 146 cm³/mol. The fraction of sp³-hybridized carbons (Fsp3) is 0.276. The molecule has 4 aromatic rings. The molecule has 0 unspecified atom stereocenters. The van der Waals surface area contributed by atoms with E-state index < -0.39 is 0 Å². The van der Waals surface area contributed by atoms with Gasteiger partial charge in [-0.2, -0.15) is 0 Å². The normalized spacial score (nSPS) is 17.7. The molecule has 0 radical (unpaired) electrons.